The van der Waals surface area contributed by atoms with Gasteiger partial charge in [-0.1, -0.05) is 24.3 Å². The zero-order chi connectivity index (χ0) is 15.7. The molecule has 0 aliphatic rings. The van der Waals surface area contributed by atoms with Crippen LogP contribution in [0.4, 0.5) is 16.2 Å². The van der Waals surface area contributed by atoms with E-state index in [0.717, 1.165) is 23.5 Å². The number of nitrogens with one attached hydrogen (secondary N) is 2. The van der Waals surface area contributed by atoms with Gasteiger partial charge in [0.25, 0.3) is 0 Å². The number of carbonyl (C=O) groups is 1. The van der Waals surface area contributed by atoms with Crippen molar-refractivity contribution in [3.05, 3.63) is 36.4 Å². The van der Waals surface area contributed by atoms with Gasteiger partial charge in [-0.25, -0.2) is 4.79 Å². The number of para-hydroxylation sites is 2. The van der Waals surface area contributed by atoms with Crippen LogP contribution < -0.4 is 15.5 Å². The van der Waals surface area contributed by atoms with Crippen molar-refractivity contribution in [1.82, 2.24) is 5.32 Å². The van der Waals surface area contributed by atoms with Gasteiger partial charge in [-0.05, 0) is 26.0 Å². The summed E-state index contributed by atoms with van der Waals surface area (Å²) in [4.78, 5) is 13.9. The fourth-order valence-electron chi connectivity index (χ4n) is 1.73. The molecule has 0 aliphatic heterocycles. The van der Waals surface area contributed by atoms with E-state index in [2.05, 4.69) is 29.0 Å². The zero-order valence-corrected chi connectivity index (χ0v) is 13.1. The molecule has 0 saturated carbocycles. The SMILES string of the molecule is C=C(C)COCCNC(=O)Nc1ccccc1N(C)CC. The predicted octanol–water partition coefficient (Wildman–Crippen LogP) is 2.86. The summed E-state index contributed by atoms with van der Waals surface area (Å²) in [7, 11) is 1.99. The lowest BCUT2D eigenvalue weighted by molar-refractivity contribution is 0.159. The maximum Gasteiger partial charge on any atom is 0.319 e. The molecule has 2 amide bonds. The Labute approximate surface area is 127 Å². The van der Waals surface area contributed by atoms with Gasteiger partial charge in [0.15, 0.2) is 0 Å². The lowest BCUT2D eigenvalue weighted by Gasteiger charge is -2.20. The summed E-state index contributed by atoms with van der Waals surface area (Å²) >= 11 is 0. The van der Waals surface area contributed by atoms with Crippen LogP contribution in [0.3, 0.4) is 0 Å². The topological polar surface area (TPSA) is 53.6 Å². The number of ether oxygens (including phenoxy) is 1. The van der Waals surface area contributed by atoms with E-state index in [-0.39, 0.29) is 6.03 Å². The summed E-state index contributed by atoms with van der Waals surface area (Å²) in [5, 5.41) is 5.63. The van der Waals surface area contributed by atoms with E-state index < -0.39 is 0 Å². The van der Waals surface area contributed by atoms with Crippen molar-refractivity contribution in [3.63, 3.8) is 0 Å². The molecule has 5 nitrogen and oxygen atoms in total. The second-order valence-corrected chi connectivity index (χ2v) is 4.92. The number of urea groups is 1. The predicted molar refractivity (Wildman–Crippen MR) is 88.0 cm³/mol. The molecule has 21 heavy (non-hydrogen) atoms. The van der Waals surface area contributed by atoms with Crippen molar-refractivity contribution in [2.75, 3.05) is 43.6 Å². The summed E-state index contributed by atoms with van der Waals surface area (Å²) in [6, 6.07) is 7.49. The zero-order valence-electron chi connectivity index (χ0n) is 13.1. The van der Waals surface area contributed by atoms with Crippen molar-refractivity contribution in [2.45, 2.75) is 13.8 Å². The molecule has 0 aromatic heterocycles. The van der Waals surface area contributed by atoms with Gasteiger partial charge in [0.2, 0.25) is 0 Å². The summed E-state index contributed by atoms with van der Waals surface area (Å²) in [6.07, 6.45) is 0. The second-order valence-electron chi connectivity index (χ2n) is 4.92. The Hall–Kier alpha value is -2.01. The van der Waals surface area contributed by atoms with Crippen LogP contribution in [0.25, 0.3) is 0 Å². The fourth-order valence-corrected chi connectivity index (χ4v) is 1.73. The van der Waals surface area contributed by atoms with E-state index in [0.29, 0.717) is 19.8 Å². The quantitative estimate of drug-likeness (QED) is 0.572. The van der Waals surface area contributed by atoms with Crippen LogP contribution in [0.5, 0.6) is 0 Å². The average molecular weight is 291 g/mol. The molecule has 0 atom stereocenters. The van der Waals surface area contributed by atoms with Crippen LogP contribution in [0.1, 0.15) is 13.8 Å². The fraction of sp³-hybridized carbons (Fsp3) is 0.438. The Kier molecular flexibility index (Phi) is 7.32. The van der Waals surface area contributed by atoms with Crippen molar-refractivity contribution >= 4 is 17.4 Å². The Morgan fingerprint density at radius 1 is 1.38 bits per heavy atom. The van der Waals surface area contributed by atoms with Crippen molar-refractivity contribution in [2.24, 2.45) is 0 Å². The monoisotopic (exact) mass is 291 g/mol. The molecule has 1 aromatic rings. The number of anilines is 2. The minimum atomic E-state index is -0.231. The highest BCUT2D eigenvalue weighted by atomic mass is 16.5. The van der Waals surface area contributed by atoms with Crippen LogP contribution >= 0.6 is 0 Å². The van der Waals surface area contributed by atoms with E-state index in [9.17, 15) is 4.79 Å². The first-order valence-electron chi connectivity index (χ1n) is 7.11. The van der Waals surface area contributed by atoms with E-state index in [1.54, 1.807) is 0 Å². The van der Waals surface area contributed by atoms with E-state index in [4.69, 9.17) is 4.74 Å². The summed E-state index contributed by atoms with van der Waals surface area (Å²) in [6.45, 7) is 10.0. The standard InChI is InChI=1S/C16H25N3O2/c1-5-19(4)15-9-7-6-8-14(15)18-16(20)17-10-11-21-12-13(2)3/h6-9H,2,5,10-12H2,1,3-4H3,(H2,17,18,20). The number of hydrogen-bond acceptors (Lipinski definition) is 3. The van der Waals surface area contributed by atoms with Crippen LogP contribution in [0, 0.1) is 0 Å². The number of nitrogens with zero attached hydrogens (tertiary/aromatic N) is 1. The van der Waals surface area contributed by atoms with Gasteiger partial charge in [-0.2, -0.15) is 0 Å². The highest BCUT2D eigenvalue weighted by Crippen LogP contribution is 2.23. The number of carbonyl (C=O) groups excluding carboxylic acids is 1. The molecule has 0 radical (unpaired) electrons. The van der Waals surface area contributed by atoms with E-state index in [1.165, 1.54) is 0 Å². The highest BCUT2D eigenvalue weighted by Gasteiger charge is 2.08. The van der Waals surface area contributed by atoms with Crippen LogP contribution in [0.2, 0.25) is 0 Å². The molecular weight excluding hydrogens is 266 g/mol. The number of amides is 2. The first kappa shape index (κ1) is 17.0. The normalized spacial score (nSPS) is 10.0. The molecule has 0 spiro atoms. The lowest BCUT2D eigenvalue weighted by atomic mass is 10.2. The summed E-state index contributed by atoms with van der Waals surface area (Å²) in [5.74, 6) is 0. The van der Waals surface area contributed by atoms with E-state index >= 15 is 0 Å². The Bertz CT molecular complexity index is 474. The third kappa shape index (κ3) is 6.31. The second kappa shape index (κ2) is 9.02. The van der Waals surface area contributed by atoms with Crippen molar-refractivity contribution in [1.29, 1.82) is 0 Å². The first-order valence-corrected chi connectivity index (χ1v) is 7.11. The number of benzene rings is 1. The van der Waals surface area contributed by atoms with Crippen LogP contribution in [0.15, 0.2) is 36.4 Å². The van der Waals surface area contributed by atoms with Gasteiger partial charge in [-0.15, -0.1) is 0 Å². The third-order valence-corrected chi connectivity index (χ3v) is 2.92. The minimum absolute atomic E-state index is 0.231. The molecule has 0 saturated heterocycles. The minimum Gasteiger partial charge on any atom is -0.375 e. The molecule has 0 heterocycles. The number of rotatable bonds is 8. The van der Waals surface area contributed by atoms with Gasteiger partial charge in [-0.3, -0.25) is 0 Å². The van der Waals surface area contributed by atoms with Gasteiger partial charge in [0, 0.05) is 20.1 Å². The lowest BCUT2D eigenvalue weighted by Crippen LogP contribution is -2.32. The van der Waals surface area contributed by atoms with Crippen molar-refractivity contribution < 1.29 is 9.53 Å². The molecule has 0 bridgehead atoms. The largest absolute Gasteiger partial charge is 0.375 e. The molecule has 116 valence electrons. The Balaban J connectivity index is 2.43. The molecule has 2 N–H and O–H groups in total. The smallest absolute Gasteiger partial charge is 0.319 e. The average Bonchev–Trinajstić information content (AvgIpc) is 2.46. The Morgan fingerprint density at radius 3 is 2.76 bits per heavy atom. The highest BCUT2D eigenvalue weighted by molar-refractivity contribution is 5.93. The molecule has 5 heteroatoms. The van der Waals surface area contributed by atoms with Gasteiger partial charge in [0.1, 0.15) is 0 Å². The Morgan fingerprint density at radius 2 is 2.10 bits per heavy atom. The summed E-state index contributed by atoms with van der Waals surface area (Å²) < 4.78 is 5.32. The van der Waals surface area contributed by atoms with Gasteiger partial charge < -0.3 is 20.3 Å². The van der Waals surface area contributed by atoms with E-state index in [1.807, 2.05) is 38.2 Å². The molecule has 0 unspecified atom stereocenters. The van der Waals surface area contributed by atoms with Crippen LogP contribution in [-0.4, -0.2) is 39.4 Å². The third-order valence-electron chi connectivity index (χ3n) is 2.92. The van der Waals surface area contributed by atoms with Crippen LogP contribution in [-0.2, 0) is 4.74 Å². The summed E-state index contributed by atoms with van der Waals surface area (Å²) in [5.41, 5.74) is 2.76. The maximum absolute atomic E-state index is 11.9. The first-order chi connectivity index (χ1) is 10.0. The molecule has 0 aliphatic carbocycles. The molecule has 1 rings (SSSR count). The van der Waals surface area contributed by atoms with Crippen molar-refractivity contribution in [3.8, 4) is 0 Å². The molecule has 1 aromatic carbocycles. The molecular formula is C16H25N3O2. The molecule has 0 fully saturated rings. The maximum atomic E-state index is 11.9. The van der Waals surface area contributed by atoms with Gasteiger partial charge in [0.05, 0.1) is 24.6 Å². The van der Waals surface area contributed by atoms with Gasteiger partial charge >= 0.3 is 6.03 Å². The number of hydrogen-bond donors (Lipinski definition) is 2.